The van der Waals surface area contributed by atoms with Crippen LogP contribution in [0.5, 0.6) is 0 Å². The van der Waals surface area contributed by atoms with E-state index >= 15 is 0 Å². The molecular weight excluding hydrogens is 194 g/mol. The molecule has 5 heteroatoms. The van der Waals surface area contributed by atoms with E-state index in [9.17, 15) is 0 Å². The molecule has 0 atom stereocenters. The van der Waals surface area contributed by atoms with Gasteiger partial charge in [-0.3, -0.25) is 0 Å². The van der Waals surface area contributed by atoms with Gasteiger partial charge in [-0.2, -0.15) is 4.98 Å². The largest absolute Gasteiger partial charge is 0.368 e. The Bertz CT molecular complexity index is 297. The third-order valence-corrected chi connectivity index (χ3v) is 2.04. The Morgan fingerprint density at radius 2 is 2.13 bits per heavy atom. The summed E-state index contributed by atoms with van der Waals surface area (Å²) in [5, 5.41) is 7.03. The van der Waals surface area contributed by atoms with Crippen LogP contribution in [0, 0.1) is 0 Å². The topological polar surface area (TPSA) is 60.2 Å². The number of hydrogen-bond donors (Lipinski definition) is 1. The first-order valence-electron chi connectivity index (χ1n) is 5.28. The zero-order valence-corrected chi connectivity index (χ0v) is 9.83. The SMILES string of the molecule is CCNCc1nc(C(C)(C)OCC)no1. The van der Waals surface area contributed by atoms with E-state index in [1.807, 2.05) is 27.7 Å². The van der Waals surface area contributed by atoms with E-state index < -0.39 is 5.60 Å². The van der Waals surface area contributed by atoms with Crippen LogP contribution in [0.15, 0.2) is 4.52 Å². The van der Waals surface area contributed by atoms with Gasteiger partial charge in [0.25, 0.3) is 0 Å². The van der Waals surface area contributed by atoms with Crippen molar-refractivity contribution in [2.75, 3.05) is 13.2 Å². The maximum atomic E-state index is 5.53. The molecule has 1 heterocycles. The second-order valence-corrected chi connectivity index (χ2v) is 3.74. The fourth-order valence-corrected chi connectivity index (χ4v) is 1.23. The molecule has 0 aliphatic rings. The van der Waals surface area contributed by atoms with Gasteiger partial charge in [-0.25, -0.2) is 0 Å². The van der Waals surface area contributed by atoms with E-state index in [1.54, 1.807) is 0 Å². The molecule has 86 valence electrons. The standard InChI is InChI=1S/C10H19N3O2/c1-5-11-7-8-12-9(13-15-8)10(3,4)14-6-2/h11H,5-7H2,1-4H3. The molecule has 0 aromatic carbocycles. The molecule has 0 aliphatic carbocycles. The van der Waals surface area contributed by atoms with Gasteiger partial charge in [-0.15, -0.1) is 0 Å². The van der Waals surface area contributed by atoms with E-state index in [2.05, 4.69) is 15.5 Å². The van der Waals surface area contributed by atoms with Crippen LogP contribution in [-0.2, 0) is 16.9 Å². The van der Waals surface area contributed by atoms with E-state index in [0.29, 0.717) is 24.9 Å². The minimum Gasteiger partial charge on any atom is -0.368 e. The Labute approximate surface area is 90.2 Å². The molecule has 15 heavy (non-hydrogen) atoms. The number of nitrogens with zero attached hydrogens (tertiary/aromatic N) is 2. The van der Waals surface area contributed by atoms with Crippen LogP contribution >= 0.6 is 0 Å². The molecule has 0 saturated heterocycles. The van der Waals surface area contributed by atoms with Crippen LogP contribution in [0.1, 0.15) is 39.4 Å². The molecule has 1 aromatic heterocycles. The highest BCUT2D eigenvalue weighted by molar-refractivity contribution is 4.97. The molecule has 0 amide bonds. The highest BCUT2D eigenvalue weighted by Gasteiger charge is 2.26. The Balaban J connectivity index is 2.66. The van der Waals surface area contributed by atoms with Crippen molar-refractivity contribution in [2.45, 2.75) is 39.8 Å². The molecule has 0 fully saturated rings. The summed E-state index contributed by atoms with van der Waals surface area (Å²) in [7, 11) is 0. The molecule has 1 N–H and O–H groups in total. The lowest BCUT2D eigenvalue weighted by molar-refractivity contribution is -0.0221. The lowest BCUT2D eigenvalue weighted by Crippen LogP contribution is -2.23. The Morgan fingerprint density at radius 3 is 2.73 bits per heavy atom. The average molecular weight is 213 g/mol. The van der Waals surface area contributed by atoms with E-state index in [-0.39, 0.29) is 0 Å². The third kappa shape index (κ3) is 3.28. The predicted octanol–water partition coefficient (Wildman–Crippen LogP) is 1.45. The molecule has 0 radical (unpaired) electrons. The smallest absolute Gasteiger partial charge is 0.240 e. The minimum atomic E-state index is -0.483. The second-order valence-electron chi connectivity index (χ2n) is 3.74. The van der Waals surface area contributed by atoms with Gasteiger partial charge in [0, 0.05) is 6.61 Å². The quantitative estimate of drug-likeness (QED) is 0.775. The van der Waals surface area contributed by atoms with Crippen molar-refractivity contribution in [3.63, 3.8) is 0 Å². The molecule has 0 spiro atoms. The van der Waals surface area contributed by atoms with Crippen LogP contribution in [-0.4, -0.2) is 23.3 Å². The molecule has 0 saturated carbocycles. The molecular formula is C10H19N3O2. The fraction of sp³-hybridized carbons (Fsp3) is 0.800. The third-order valence-electron chi connectivity index (χ3n) is 2.04. The van der Waals surface area contributed by atoms with Crippen LogP contribution in [0.2, 0.25) is 0 Å². The Hall–Kier alpha value is -0.940. The van der Waals surface area contributed by atoms with E-state index in [4.69, 9.17) is 9.26 Å². The van der Waals surface area contributed by atoms with Crippen molar-refractivity contribution in [3.05, 3.63) is 11.7 Å². The first-order valence-corrected chi connectivity index (χ1v) is 5.28. The number of rotatable bonds is 6. The molecule has 0 unspecified atom stereocenters. The van der Waals surface area contributed by atoms with Crippen molar-refractivity contribution in [1.82, 2.24) is 15.5 Å². The lowest BCUT2D eigenvalue weighted by atomic mass is 10.1. The fourth-order valence-electron chi connectivity index (χ4n) is 1.23. The summed E-state index contributed by atoms with van der Waals surface area (Å²) in [5.74, 6) is 1.19. The summed E-state index contributed by atoms with van der Waals surface area (Å²) in [5.41, 5.74) is -0.483. The molecule has 5 nitrogen and oxygen atoms in total. The summed E-state index contributed by atoms with van der Waals surface area (Å²) in [6, 6.07) is 0. The number of ether oxygens (including phenoxy) is 1. The first kappa shape index (κ1) is 12.1. The summed E-state index contributed by atoms with van der Waals surface area (Å²) >= 11 is 0. The zero-order valence-electron chi connectivity index (χ0n) is 9.83. The molecule has 1 rings (SSSR count). The summed E-state index contributed by atoms with van der Waals surface area (Å²) in [6.45, 7) is 9.95. The monoisotopic (exact) mass is 213 g/mol. The highest BCUT2D eigenvalue weighted by Crippen LogP contribution is 2.21. The lowest BCUT2D eigenvalue weighted by Gasteiger charge is -2.19. The normalized spacial score (nSPS) is 12.0. The van der Waals surface area contributed by atoms with Crippen molar-refractivity contribution >= 4 is 0 Å². The molecule has 0 bridgehead atoms. The van der Waals surface area contributed by atoms with Crippen LogP contribution in [0.25, 0.3) is 0 Å². The van der Waals surface area contributed by atoms with Gasteiger partial charge < -0.3 is 14.6 Å². The van der Waals surface area contributed by atoms with Gasteiger partial charge in [0.15, 0.2) is 0 Å². The van der Waals surface area contributed by atoms with Crippen LogP contribution in [0.3, 0.4) is 0 Å². The zero-order chi connectivity index (χ0) is 11.3. The van der Waals surface area contributed by atoms with Crippen molar-refractivity contribution in [3.8, 4) is 0 Å². The van der Waals surface area contributed by atoms with Gasteiger partial charge in [-0.05, 0) is 27.3 Å². The average Bonchev–Trinajstić information content (AvgIpc) is 2.63. The maximum absolute atomic E-state index is 5.53. The van der Waals surface area contributed by atoms with Crippen molar-refractivity contribution < 1.29 is 9.26 Å². The van der Waals surface area contributed by atoms with Gasteiger partial charge >= 0.3 is 0 Å². The predicted molar refractivity (Wildman–Crippen MR) is 56.3 cm³/mol. The van der Waals surface area contributed by atoms with Gasteiger partial charge in [-0.1, -0.05) is 12.1 Å². The van der Waals surface area contributed by atoms with Crippen molar-refractivity contribution in [1.29, 1.82) is 0 Å². The number of hydrogen-bond acceptors (Lipinski definition) is 5. The maximum Gasteiger partial charge on any atom is 0.240 e. The van der Waals surface area contributed by atoms with Gasteiger partial charge in [0.1, 0.15) is 5.60 Å². The van der Waals surface area contributed by atoms with E-state index in [1.165, 1.54) is 0 Å². The minimum absolute atomic E-state index is 0.483. The highest BCUT2D eigenvalue weighted by atomic mass is 16.5. The van der Waals surface area contributed by atoms with Crippen molar-refractivity contribution in [2.24, 2.45) is 0 Å². The number of nitrogens with one attached hydrogen (secondary N) is 1. The van der Waals surface area contributed by atoms with Crippen LogP contribution in [0.4, 0.5) is 0 Å². The summed E-state index contributed by atoms with van der Waals surface area (Å²) < 4.78 is 10.6. The Kier molecular flexibility index (Phi) is 4.23. The van der Waals surface area contributed by atoms with E-state index in [0.717, 1.165) is 6.54 Å². The van der Waals surface area contributed by atoms with Crippen LogP contribution < -0.4 is 5.32 Å². The first-order chi connectivity index (χ1) is 7.10. The molecule has 1 aromatic rings. The summed E-state index contributed by atoms with van der Waals surface area (Å²) in [6.07, 6.45) is 0. The second kappa shape index (κ2) is 5.23. The van der Waals surface area contributed by atoms with Gasteiger partial charge in [0.2, 0.25) is 11.7 Å². The summed E-state index contributed by atoms with van der Waals surface area (Å²) in [4.78, 5) is 4.27. The van der Waals surface area contributed by atoms with Gasteiger partial charge in [0.05, 0.1) is 6.54 Å². The number of aromatic nitrogens is 2. The molecule has 0 aliphatic heterocycles. The Morgan fingerprint density at radius 1 is 1.40 bits per heavy atom.